The minimum atomic E-state index is -0.00397. The molecule has 2 bridgehead atoms. The molecule has 0 aromatic rings. The summed E-state index contributed by atoms with van der Waals surface area (Å²) in [6.45, 7) is 7.58. The number of nitrogens with zero attached hydrogens (tertiary/aromatic N) is 2. The number of nitrogens with one attached hydrogen (secondary N) is 1. The molecular weight excluding hydrogens is 214 g/mol. The summed E-state index contributed by atoms with van der Waals surface area (Å²) in [4.78, 5) is 15.5. The van der Waals surface area contributed by atoms with Crippen LogP contribution in [0.15, 0.2) is 4.99 Å². The lowest BCUT2D eigenvalue weighted by Crippen LogP contribution is -2.62. The molecule has 1 aliphatic heterocycles. The molecule has 4 rings (SSSR count). The van der Waals surface area contributed by atoms with Gasteiger partial charge in [0, 0.05) is 6.04 Å². The number of hydrogen-bond acceptors (Lipinski definition) is 3. The van der Waals surface area contributed by atoms with E-state index < -0.39 is 0 Å². The highest BCUT2D eigenvalue weighted by Gasteiger charge is 2.56. The number of carbonyl (C=O) groups excluding carboxylic acids is 1. The van der Waals surface area contributed by atoms with Gasteiger partial charge in [-0.1, -0.05) is 20.8 Å². The zero-order chi connectivity index (χ0) is 12.2. The first kappa shape index (κ1) is 11.2. The molecule has 0 spiro atoms. The van der Waals surface area contributed by atoms with E-state index in [1.807, 2.05) is 0 Å². The smallest absolute Gasteiger partial charge is 0.266 e. The highest BCUT2D eigenvalue weighted by molar-refractivity contribution is 6.27. The summed E-state index contributed by atoms with van der Waals surface area (Å²) in [7, 11) is 0. The molecule has 3 saturated carbocycles. The van der Waals surface area contributed by atoms with Crippen molar-refractivity contribution in [2.24, 2.45) is 28.2 Å². The van der Waals surface area contributed by atoms with Crippen LogP contribution < -0.4 is 5.43 Å². The van der Waals surface area contributed by atoms with Crippen molar-refractivity contribution in [2.75, 3.05) is 6.67 Å². The van der Waals surface area contributed by atoms with Crippen molar-refractivity contribution in [2.45, 2.75) is 39.7 Å². The van der Waals surface area contributed by atoms with E-state index in [1.165, 1.54) is 19.1 Å². The Hall–Kier alpha value is -0.900. The van der Waals surface area contributed by atoms with E-state index >= 15 is 0 Å². The largest absolute Gasteiger partial charge is 0.280 e. The van der Waals surface area contributed by atoms with Crippen LogP contribution in [0.2, 0.25) is 0 Å². The van der Waals surface area contributed by atoms with Gasteiger partial charge >= 0.3 is 0 Å². The summed E-state index contributed by atoms with van der Waals surface area (Å²) in [5.74, 6) is 2.26. The van der Waals surface area contributed by atoms with E-state index in [2.05, 4.69) is 31.2 Å². The quantitative estimate of drug-likeness (QED) is 0.787. The lowest BCUT2D eigenvalue weighted by Gasteiger charge is -2.62. The Labute approximate surface area is 102 Å². The molecule has 3 fully saturated rings. The Morgan fingerprint density at radius 1 is 1.47 bits per heavy atom. The summed E-state index contributed by atoms with van der Waals surface area (Å²) in [6, 6.07) is 0.442. The first-order chi connectivity index (χ1) is 8.00. The van der Waals surface area contributed by atoms with Crippen LogP contribution in [-0.4, -0.2) is 29.8 Å². The number of hydrogen-bond donors (Lipinski definition) is 1. The number of rotatable bonds is 2. The zero-order valence-electron chi connectivity index (χ0n) is 10.8. The van der Waals surface area contributed by atoms with E-state index in [1.54, 1.807) is 5.01 Å². The van der Waals surface area contributed by atoms with E-state index in [9.17, 15) is 4.79 Å². The molecule has 1 amide bonds. The Bertz CT molecular complexity index is 377. The van der Waals surface area contributed by atoms with Crippen LogP contribution in [0.4, 0.5) is 0 Å². The van der Waals surface area contributed by atoms with Crippen LogP contribution in [0.25, 0.3) is 0 Å². The molecule has 0 radical (unpaired) electrons. The zero-order valence-corrected chi connectivity index (χ0v) is 10.8. The van der Waals surface area contributed by atoms with Gasteiger partial charge in [0.05, 0.1) is 6.21 Å². The van der Waals surface area contributed by atoms with E-state index in [4.69, 9.17) is 0 Å². The number of carbonyl (C=O) groups is 1. The Morgan fingerprint density at radius 2 is 2.24 bits per heavy atom. The topological polar surface area (TPSA) is 44.7 Å². The van der Waals surface area contributed by atoms with Gasteiger partial charge in [-0.3, -0.25) is 14.8 Å². The fourth-order valence-corrected chi connectivity index (χ4v) is 3.96. The summed E-state index contributed by atoms with van der Waals surface area (Å²) in [5.41, 5.74) is 3.88. The Kier molecular flexibility index (Phi) is 2.34. The molecule has 1 N–H and O–H groups in total. The maximum Gasteiger partial charge on any atom is 0.280 e. The lowest BCUT2D eigenvalue weighted by molar-refractivity contribution is -0.139. The second kappa shape index (κ2) is 3.55. The van der Waals surface area contributed by atoms with Crippen molar-refractivity contribution >= 4 is 12.1 Å². The van der Waals surface area contributed by atoms with Gasteiger partial charge in [0.25, 0.3) is 5.91 Å². The van der Waals surface area contributed by atoms with E-state index in [0.717, 1.165) is 11.8 Å². The van der Waals surface area contributed by atoms with Gasteiger partial charge in [0.2, 0.25) is 0 Å². The summed E-state index contributed by atoms with van der Waals surface area (Å²) in [6.07, 6.45) is 3.97. The minimum absolute atomic E-state index is 0.00397. The van der Waals surface area contributed by atoms with Crippen molar-refractivity contribution in [1.82, 2.24) is 10.4 Å². The number of aliphatic imine (C=N–C) groups is 1. The summed E-state index contributed by atoms with van der Waals surface area (Å²) < 4.78 is 0. The van der Waals surface area contributed by atoms with Crippen molar-refractivity contribution in [3.05, 3.63) is 0 Å². The molecular formula is C13H21N3O. The lowest BCUT2D eigenvalue weighted by atomic mass is 9.45. The second-order valence-electron chi connectivity index (χ2n) is 6.41. The molecule has 0 aromatic carbocycles. The fourth-order valence-electron chi connectivity index (χ4n) is 3.96. The SMILES string of the molecule is C[C@@H]1[C@H]2C[C@@H](C[C@H]1NN1CN=CC1=O)C2(C)C. The van der Waals surface area contributed by atoms with Gasteiger partial charge in [-0.15, -0.1) is 0 Å². The first-order valence-electron chi connectivity index (χ1n) is 6.57. The van der Waals surface area contributed by atoms with Crippen molar-refractivity contribution < 1.29 is 4.79 Å². The van der Waals surface area contributed by atoms with Gasteiger partial charge in [-0.05, 0) is 36.0 Å². The molecule has 4 atom stereocenters. The van der Waals surface area contributed by atoms with Crippen molar-refractivity contribution in [3.8, 4) is 0 Å². The summed E-state index contributed by atoms with van der Waals surface area (Å²) >= 11 is 0. The van der Waals surface area contributed by atoms with Gasteiger partial charge in [0.1, 0.15) is 6.67 Å². The maximum absolute atomic E-state index is 11.5. The van der Waals surface area contributed by atoms with Gasteiger partial charge < -0.3 is 0 Å². The standard InChI is InChI=1S/C13H21N3O/c1-8-10-4-9(13(10,2)3)5-11(8)15-16-7-14-6-12(16)17/h6,8-11,15H,4-5,7H2,1-3H3/t8-,9+,10-,11-/m1/s1. The third-order valence-electron chi connectivity index (χ3n) is 5.37. The molecule has 0 unspecified atom stereocenters. The third-order valence-corrected chi connectivity index (χ3v) is 5.37. The summed E-state index contributed by atoms with van der Waals surface area (Å²) in [5, 5.41) is 1.65. The minimum Gasteiger partial charge on any atom is -0.266 e. The molecule has 3 aliphatic carbocycles. The monoisotopic (exact) mass is 235 g/mol. The van der Waals surface area contributed by atoms with Crippen molar-refractivity contribution in [1.29, 1.82) is 0 Å². The number of amides is 1. The van der Waals surface area contributed by atoms with E-state index in [-0.39, 0.29) is 5.91 Å². The maximum atomic E-state index is 11.5. The highest BCUT2D eigenvalue weighted by Crippen LogP contribution is 2.61. The third kappa shape index (κ3) is 1.53. The molecule has 4 aliphatic rings. The molecule has 4 nitrogen and oxygen atoms in total. The molecule has 94 valence electrons. The average Bonchev–Trinajstić information content (AvgIpc) is 2.66. The predicted molar refractivity (Wildman–Crippen MR) is 66.3 cm³/mol. The van der Waals surface area contributed by atoms with E-state index in [0.29, 0.717) is 24.0 Å². The van der Waals surface area contributed by atoms with Gasteiger partial charge in [-0.2, -0.15) is 0 Å². The molecule has 0 saturated heterocycles. The molecule has 17 heavy (non-hydrogen) atoms. The Morgan fingerprint density at radius 3 is 2.76 bits per heavy atom. The Balaban J connectivity index is 1.65. The predicted octanol–water partition coefficient (Wildman–Crippen LogP) is 1.43. The molecule has 0 aromatic heterocycles. The van der Waals surface area contributed by atoms with Crippen LogP contribution >= 0.6 is 0 Å². The second-order valence-corrected chi connectivity index (χ2v) is 6.41. The first-order valence-corrected chi connectivity index (χ1v) is 6.57. The van der Waals surface area contributed by atoms with Crippen LogP contribution in [0.5, 0.6) is 0 Å². The average molecular weight is 235 g/mol. The fraction of sp³-hybridized carbons (Fsp3) is 0.846. The van der Waals surface area contributed by atoms with Crippen LogP contribution in [0.3, 0.4) is 0 Å². The van der Waals surface area contributed by atoms with Crippen molar-refractivity contribution in [3.63, 3.8) is 0 Å². The van der Waals surface area contributed by atoms with Gasteiger partial charge in [0.15, 0.2) is 0 Å². The van der Waals surface area contributed by atoms with Crippen LogP contribution in [0, 0.1) is 23.2 Å². The molecule has 1 heterocycles. The number of hydrazine groups is 1. The van der Waals surface area contributed by atoms with Crippen LogP contribution in [-0.2, 0) is 4.79 Å². The molecule has 4 heteroatoms. The van der Waals surface area contributed by atoms with Gasteiger partial charge in [-0.25, -0.2) is 5.43 Å². The van der Waals surface area contributed by atoms with Crippen LogP contribution in [0.1, 0.15) is 33.6 Å². The number of fused-ring (bicyclic) bond motifs is 2. The normalized spacial score (nSPS) is 42.8. The highest BCUT2D eigenvalue weighted by atomic mass is 16.2.